The predicted molar refractivity (Wildman–Crippen MR) is 64.6 cm³/mol. The van der Waals surface area contributed by atoms with Gasteiger partial charge in [0, 0.05) is 13.1 Å². The van der Waals surface area contributed by atoms with Crippen molar-refractivity contribution in [1.29, 1.82) is 0 Å². The Hall–Kier alpha value is -0.0800. The smallest absolute Gasteiger partial charge is 0.00768 e. The minimum Gasteiger partial charge on any atom is -0.315 e. The summed E-state index contributed by atoms with van der Waals surface area (Å²) >= 11 is 0. The Kier molecular flexibility index (Phi) is 9.42. The van der Waals surface area contributed by atoms with Crippen LogP contribution in [0.25, 0.3) is 0 Å². The summed E-state index contributed by atoms with van der Waals surface area (Å²) in [7, 11) is 0. The first kappa shape index (κ1) is 13.9. The van der Waals surface area contributed by atoms with Gasteiger partial charge in [0.1, 0.15) is 0 Å². The van der Waals surface area contributed by atoms with Gasteiger partial charge in [-0.25, -0.2) is 0 Å². The summed E-state index contributed by atoms with van der Waals surface area (Å²) in [5.41, 5.74) is 0. The van der Waals surface area contributed by atoms with E-state index in [0.717, 1.165) is 31.5 Å². The van der Waals surface area contributed by atoms with Crippen LogP contribution in [0.1, 0.15) is 40.5 Å². The van der Waals surface area contributed by atoms with Crippen LogP contribution in [-0.4, -0.2) is 26.2 Å². The predicted octanol–water partition coefficient (Wildman–Crippen LogP) is 2.26. The molecule has 0 aliphatic rings. The number of rotatable bonds is 9. The third-order valence-electron chi connectivity index (χ3n) is 2.17. The van der Waals surface area contributed by atoms with Gasteiger partial charge >= 0.3 is 0 Å². The van der Waals surface area contributed by atoms with Crippen LogP contribution in [0, 0.1) is 11.8 Å². The van der Waals surface area contributed by atoms with Gasteiger partial charge in [0.2, 0.25) is 0 Å². The van der Waals surface area contributed by atoms with E-state index in [1.165, 1.54) is 19.4 Å². The van der Waals surface area contributed by atoms with Crippen LogP contribution >= 0.6 is 0 Å². The lowest BCUT2D eigenvalue weighted by molar-refractivity contribution is 0.507. The van der Waals surface area contributed by atoms with Crippen LogP contribution in [0.2, 0.25) is 0 Å². The molecule has 2 heteroatoms. The summed E-state index contributed by atoms with van der Waals surface area (Å²) in [6.45, 7) is 13.5. The largest absolute Gasteiger partial charge is 0.315 e. The molecular formula is C12H28N2. The van der Waals surface area contributed by atoms with E-state index in [9.17, 15) is 0 Å². The second kappa shape index (κ2) is 9.47. The summed E-state index contributed by atoms with van der Waals surface area (Å²) in [6, 6.07) is 0. The number of hydrogen-bond acceptors (Lipinski definition) is 2. The molecule has 0 spiro atoms. The van der Waals surface area contributed by atoms with Crippen molar-refractivity contribution in [3.63, 3.8) is 0 Å². The molecule has 0 aliphatic heterocycles. The summed E-state index contributed by atoms with van der Waals surface area (Å²) in [4.78, 5) is 0. The van der Waals surface area contributed by atoms with Gasteiger partial charge < -0.3 is 10.6 Å². The Bertz CT molecular complexity index is 96.9. The van der Waals surface area contributed by atoms with Crippen LogP contribution in [0.3, 0.4) is 0 Å². The second-order valence-corrected chi connectivity index (χ2v) is 4.88. The molecule has 0 bridgehead atoms. The summed E-state index contributed by atoms with van der Waals surface area (Å²) in [5, 5.41) is 6.87. The quantitative estimate of drug-likeness (QED) is 0.558. The van der Waals surface area contributed by atoms with E-state index in [-0.39, 0.29) is 0 Å². The van der Waals surface area contributed by atoms with E-state index >= 15 is 0 Å². The lowest BCUT2D eigenvalue weighted by Crippen LogP contribution is -2.30. The van der Waals surface area contributed by atoms with Gasteiger partial charge in [-0.2, -0.15) is 0 Å². The van der Waals surface area contributed by atoms with Gasteiger partial charge in [0.15, 0.2) is 0 Å². The zero-order chi connectivity index (χ0) is 10.8. The molecule has 0 fully saturated rings. The van der Waals surface area contributed by atoms with E-state index in [0.29, 0.717) is 0 Å². The lowest BCUT2D eigenvalue weighted by Gasteiger charge is -2.09. The molecule has 0 aliphatic carbocycles. The highest BCUT2D eigenvalue weighted by Crippen LogP contribution is 2.01. The van der Waals surface area contributed by atoms with Gasteiger partial charge in [0.25, 0.3) is 0 Å². The molecule has 0 atom stereocenters. The normalized spacial score (nSPS) is 11.6. The average Bonchev–Trinajstić information content (AvgIpc) is 2.08. The van der Waals surface area contributed by atoms with E-state index < -0.39 is 0 Å². The minimum atomic E-state index is 0.760. The number of nitrogens with one attached hydrogen (secondary N) is 2. The molecule has 0 heterocycles. The molecule has 0 rings (SSSR count). The van der Waals surface area contributed by atoms with Crippen molar-refractivity contribution in [3.05, 3.63) is 0 Å². The molecule has 0 saturated heterocycles. The van der Waals surface area contributed by atoms with Crippen molar-refractivity contribution >= 4 is 0 Å². The minimum absolute atomic E-state index is 0.760. The summed E-state index contributed by atoms with van der Waals surface area (Å²) in [6.07, 6.45) is 2.65. The number of hydrogen-bond donors (Lipinski definition) is 2. The van der Waals surface area contributed by atoms with Crippen molar-refractivity contribution in [1.82, 2.24) is 10.6 Å². The molecule has 2 N–H and O–H groups in total. The second-order valence-electron chi connectivity index (χ2n) is 4.88. The third-order valence-corrected chi connectivity index (χ3v) is 2.17. The van der Waals surface area contributed by atoms with Crippen molar-refractivity contribution in [3.8, 4) is 0 Å². The van der Waals surface area contributed by atoms with Crippen LogP contribution in [0.5, 0.6) is 0 Å². The highest BCUT2D eigenvalue weighted by molar-refractivity contribution is 4.55. The van der Waals surface area contributed by atoms with Gasteiger partial charge in [-0.05, 0) is 37.8 Å². The Balaban J connectivity index is 2.92. The Morgan fingerprint density at radius 1 is 0.786 bits per heavy atom. The van der Waals surface area contributed by atoms with Crippen molar-refractivity contribution in [2.75, 3.05) is 26.2 Å². The Morgan fingerprint density at radius 2 is 1.43 bits per heavy atom. The molecule has 14 heavy (non-hydrogen) atoms. The van der Waals surface area contributed by atoms with E-state index in [1.54, 1.807) is 0 Å². The Morgan fingerprint density at radius 3 is 2.00 bits per heavy atom. The first-order chi connectivity index (χ1) is 6.63. The fourth-order valence-electron chi connectivity index (χ4n) is 1.33. The highest BCUT2D eigenvalue weighted by Gasteiger charge is 1.94. The van der Waals surface area contributed by atoms with Crippen LogP contribution in [0.15, 0.2) is 0 Å². The molecule has 0 saturated carbocycles. The Labute approximate surface area is 89.9 Å². The molecule has 0 aromatic rings. The van der Waals surface area contributed by atoms with E-state index in [2.05, 4.69) is 38.3 Å². The maximum Gasteiger partial charge on any atom is 0.00768 e. The van der Waals surface area contributed by atoms with Crippen molar-refractivity contribution < 1.29 is 0 Å². The summed E-state index contributed by atoms with van der Waals surface area (Å²) < 4.78 is 0. The molecule has 0 radical (unpaired) electrons. The lowest BCUT2D eigenvalue weighted by atomic mass is 10.1. The van der Waals surface area contributed by atoms with Crippen molar-refractivity contribution in [2.24, 2.45) is 11.8 Å². The SMILES string of the molecule is CC(C)CCCNCCNCC(C)C. The molecule has 2 nitrogen and oxygen atoms in total. The maximum atomic E-state index is 3.45. The maximum absolute atomic E-state index is 3.45. The van der Waals surface area contributed by atoms with E-state index in [4.69, 9.17) is 0 Å². The average molecular weight is 200 g/mol. The van der Waals surface area contributed by atoms with Crippen LogP contribution in [0.4, 0.5) is 0 Å². The van der Waals surface area contributed by atoms with Crippen LogP contribution in [-0.2, 0) is 0 Å². The van der Waals surface area contributed by atoms with Gasteiger partial charge in [0.05, 0.1) is 0 Å². The van der Waals surface area contributed by atoms with Gasteiger partial charge in [-0.1, -0.05) is 27.7 Å². The van der Waals surface area contributed by atoms with Crippen LogP contribution < -0.4 is 10.6 Å². The molecule has 0 aromatic carbocycles. The molecule has 0 amide bonds. The molecular weight excluding hydrogens is 172 g/mol. The zero-order valence-electron chi connectivity index (χ0n) is 10.4. The monoisotopic (exact) mass is 200 g/mol. The molecule has 0 aromatic heterocycles. The van der Waals surface area contributed by atoms with Gasteiger partial charge in [-0.3, -0.25) is 0 Å². The fourth-order valence-corrected chi connectivity index (χ4v) is 1.33. The van der Waals surface area contributed by atoms with Gasteiger partial charge in [-0.15, -0.1) is 0 Å². The van der Waals surface area contributed by atoms with E-state index in [1.807, 2.05) is 0 Å². The first-order valence-corrected chi connectivity index (χ1v) is 6.04. The third kappa shape index (κ3) is 11.9. The standard InChI is InChI=1S/C12H28N2/c1-11(2)6-5-7-13-8-9-14-10-12(3)4/h11-14H,5-10H2,1-4H3. The molecule has 86 valence electrons. The fraction of sp³-hybridized carbons (Fsp3) is 1.00. The molecule has 0 unspecified atom stereocenters. The topological polar surface area (TPSA) is 24.1 Å². The first-order valence-electron chi connectivity index (χ1n) is 6.04. The van der Waals surface area contributed by atoms with Crippen molar-refractivity contribution in [2.45, 2.75) is 40.5 Å². The zero-order valence-corrected chi connectivity index (χ0v) is 10.4. The highest BCUT2D eigenvalue weighted by atomic mass is 14.9. The summed E-state index contributed by atoms with van der Waals surface area (Å²) in [5.74, 6) is 1.60.